The lowest BCUT2D eigenvalue weighted by Gasteiger charge is -2.30. The van der Waals surface area contributed by atoms with Crippen LogP contribution in [0.1, 0.15) is 24.1 Å². The van der Waals surface area contributed by atoms with E-state index in [-0.39, 0.29) is 17.4 Å². The van der Waals surface area contributed by atoms with Crippen LogP contribution < -0.4 is 16.6 Å². The Balaban J connectivity index is 1.47. The summed E-state index contributed by atoms with van der Waals surface area (Å²) in [6, 6.07) is 9.13. The molecule has 2 aromatic heterocycles. The van der Waals surface area contributed by atoms with Crippen LogP contribution in [0, 0.1) is 12.8 Å². The number of nitrogens with one attached hydrogen (secondary N) is 2. The molecule has 0 spiro atoms. The summed E-state index contributed by atoms with van der Waals surface area (Å²) in [7, 11) is 1.85. The number of likely N-dealkylation sites (tertiary alicyclic amines) is 1. The zero-order valence-electron chi connectivity index (χ0n) is 20.6. The van der Waals surface area contributed by atoms with Crippen molar-refractivity contribution in [2.75, 3.05) is 18.4 Å². The molecule has 4 N–H and O–H groups in total. The maximum Gasteiger partial charge on any atom is 0.258 e. The molecule has 1 atom stereocenters. The number of carbonyl (C=O) groups is 1. The monoisotopic (exact) mass is 538 g/mol. The van der Waals surface area contributed by atoms with Gasteiger partial charge in [0, 0.05) is 32.3 Å². The number of imidazole rings is 1. The number of nitrogens with zero attached hydrogens (tertiary/aromatic N) is 3. The van der Waals surface area contributed by atoms with Crippen LogP contribution in [-0.4, -0.2) is 38.4 Å². The Morgan fingerprint density at radius 3 is 2.76 bits per heavy atom. The predicted molar refractivity (Wildman–Crippen MR) is 150 cm³/mol. The molecule has 0 radical (unpaired) electrons. The number of fused-ring (bicyclic) bond motifs is 3. The number of rotatable bonds is 6. The van der Waals surface area contributed by atoms with Crippen LogP contribution in [0.25, 0.3) is 21.8 Å². The van der Waals surface area contributed by atoms with Crippen molar-refractivity contribution in [1.82, 2.24) is 19.4 Å². The molecule has 2 aromatic carbocycles. The summed E-state index contributed by atoms with van der Waals surface area (Å²) in [5.74, 6) is 0.162. The van der Waals surface area contributed by atoms with Crippen molar-refractivity contribution in [1.29, 1.82) is 0 Å². The molecular formula is C27H28Cl2N6O2. The quantitative estimate of drug-likeness (QED) is 0.319. The minimum Gasteiger partial charge on any atom is -0.377 e. The number of piperidine rings is 1. The van der Waals surface area contributed by atoms with Gasteiger partial charge in [0.2, 0.25) is 11.9 Å². The molecule has 1 amide bonds. The maximum atomic E-state index is 13.3. The van der Waals surface area contributed by atoms with E-state index in [2.05, 4.69) is 20.2 Å². The molecule has 1 fully saturated rings. The number of carbonyl (C=O) groups excluding carboxylic acids is 1. The third-order valence-corrected chi connectivity index (χ3v) is 7.71. The lowest BCUT2D eigenvalue weighted by atomic mass is 9.98. The van der Waals surface area contributed by atoms with Crippen molar-refractivity contribution < 1.29 is 4.79 Å². The van der Waals surface area contributed by atoms with Crippen LogP contribution in [-0.2, 0) is 18.3 Å². The molecule has 5 rings (SSSR count). The fraction of sp³-hybridized carbons (Fsp3) is 0.296. The molecule has 0 aliphatic carbocycles. The number of hydrogen-bond donors (Lipinski definition) is 3. The Labute approximate surface area is 224 Å². The highest BCUT2D eigenvalue weighted by Gasteiger charge is 2.22. The van der Waals surface area contributed by atoms with Crippen LogP contribution in [0.15, 0.2) is 47.4 Å². The molecule has 1 aliphatic heterocycles. The Hall–Kier alpha value is -3.49. The first kappa shape index (κ1) is 25.2. The highest BCUT2D eigenvalue weighted by atomic mass is 35.5. The number of aromatic nitrogens is 3. The number of nitrogens with two attached hydrogens (primary N) is 1. The summed E-state index contributed by atoms with van der Waals surface area (Å²) in [6.07, 6.45) is 6.35. The van der Waals surface area contributed by atoms with Gasteiger partial charge in [-0.25, -0.2) is 4.98 Å². The average molecular weight is 539 g/mol. The number of benzene rings is 2. The normalized spacial score (nSPS) is 16.2. The van der Waals surface area contributed by atoms with E-state index < -0.39 is 0 Å². The number of aryl methyl sites for hydroxylation is 2. The molecular weight excluding hydrogens is 511 g/mol. The molecule has 1 saturated heterocycles. The van der Waals surface area contributed by atoms with Crippen LogP contribution in [0.3, 0.4) is 0 Å². The third-order valence-electron chi connectivity index (χ3n) is 7.08. The minimum atomic E-state index is -0.248. The second kappa shape index (κ2) is 10.1. The van der Waals surface area contributed by atoms with Gasteiger partial charge >= 0.3 is 0 Å². The SMILES string of the molecule is Cc1c(C/C=C/N2CCCC(C(N)=O)C2)[nH]c(=O)c2c1ccc1nc(Nc3c(Cl)cccc3Cl)n(C)c12. The van der Waals surface area contributed by atoms with E-state index in [0.717, 1.165) is 41.5 Å². The van der Waals surface area contributed by atoms with Gasteiger partial charge in [-0.05, 0) is 55.1 Å². The number of pyridine rings is 1. The maximum absolute atomic E-state index is 13.3. The molecule has 8 nitrogen and oxygen atoms in total. The van der Waals surface area contributed by atoms with Gasteiger partial charge in [0.25, 0.3) is 5.56 Å². The number of hydrogen-bond acceptors (Lipinski definition) is 5. The van der Waals surface area contributed by atoms with E-state index >= 15 is 0 Å². The van der Waals surface area contributed by atoms with Crippen molar-refractivity contribution in [3.8, 4) is 0 Å². The zero-order valence-corrected chi connectivity index (χ0v) is 22.2. The molecule has 0 bridgehead atoms. The van der Waals surface area contributed by atoms with Crippen LogP contribution in [0.5, 0.6) is 0 Å². The standard InChI is InChI=1S/C27H28Cl2N6O2/c1-15-17-10-11-21-24(34(2)27(32-21)33-23-18(28)7-3-8-19(23)29)22(17)26(37)31-20(15)9-5-13-35-12-4-6-16(14-35)25(30)36/h3,5,7-8,10-11,13,16H,4,6,9,12,14H2,1-2H3,(H2,30,36)(H,31,37)(H,32,33)/b13-5+. The van der Waals surface area contributed by atoms with Crippen molar-refractivity contribution >= 4 is 62.6 Å². The van der Waals surface area contributed by atoms with Crippen LogP contribution in [0.2, 0.25) is 10.0 Å². The second-order valence-electron chi connectivity index (χ2n) is 9.45. The topological polar surface area (TPSA) is 109 Å². The van der Waals surface area contributed by atoms with Gasteiger partial charge < -0.3 is 25.5 Å². The summed E-state index contributed by atoms with van der Waals surface area (Å²) in [5.41, 5.74) is 9.13. The van der Waals surface area contributed by atoms with Gasteiger partial charge in [-0.15, -0.1) is 0 Å². The highest BCUT2D eigenvalue weighted by Crippen LogP contribution is 2.34. The molecule has 37 heavy (non-hydrogen) atoms. The Morgan fingerprint density at radius 1 is 1.27 bits per heavy atom. The first-order valence-electron chi connectivity index (χ1n) is 12.2. The highest BCUT2D eigenvalue weighted by molar-refractivity contribution is 6.39. The largest absolute Gasteiger partial charge is 0.377 e. The average Bonchev–Trinajstić information content (AvgIpc) is 3.19. The van der Waals surface area contributed by atoms with E-state index in [1.165, 1.54) is 0 Å². The van der Waals surface area contributed by atoms with E-state index in [4.69, 9.17) is 28.9 Å². The number of anilines is 2. The van der Waals surface area contributed by atoms with Gasteiger partial charge in [-0.2, -0.15) is 0 Å². The van der Waals surface area contributed by atoms with Crippen molar-refractivity contribution in [3.63, 3.8) is 0 Å². The van der Waals surface area contributed by atoms with Crippen molar-refractivity contribution in [2.45, 2.75) is 26.2 Å². The van der Waals surface area contributed by atoms with Gasteiger partial charge in [-0.1, -0.05) is 41.4 Å². The summed E-state index contributed by atoms with van der Waals surface area (Å²) in [4.78, 5) is 34.8. The fourth-order valence-electron chi connectivity index (χ4n) is 5.04. The Bertz CT molecular complexity index is 1590. The van der Waals surface area contributed by atoms with Crippen LogP contribution >= 0.6 is 23.2 Å². The van der Waals surface area contributed by atoms with E-state index in [0.29, 0.717) is 45.5 Å². The first-order chi connectivity index (χ1) is 17.7. The van der Waals surface area contributed by atoms with Gasteiger partial charge in [0.05, 0.1) is 38.1 Å². The molecule has 3 heterocycles. The van der Waals surface area contributed by atoms with Crippen LogP contribution in [0.4, 0.5) is 11.6 Å². The zero-order chi connectivity index (χ0) is 26.3. The van der Waals surface area contributed by atoms with Gasteiger partial charge in [0.1, 0.15) is 0 Å². The van der Waals surface area contributed by atoms with Crippen molar-refractivity contribution in [3.05, 3.63) is 74.3 Å². The predicted octanol–water partition coefficient (Wildman–Crippen LogP) is 5.03. The number of para-hydroxylation sites is 1. The molecule has 1 unspecified atom stereocenters. The molecule has 10 heteroatoms. The van der Waals surface area contributed by atoms with Gasteiger partial charge in [-0.3, -0.25) is 9.59 Å². The summed E-state index contributed by atoms with van der Waals surface area (Å²) < 4.78 is 1.84. The number of amides is 1. The Kier molecular flexibility index (Phi) is 6.88. The van der Waals surface area contributed by atoms with Gasteiger partial charge in [0.15, 0.2) is 0 Å². The van der Waals surface area contributed by atoms with Crippen molar-refractivity contribution in [2.24, 2.45) is 18.7 Å². The summed E-state index contributed by atoms with van der Waals surface area (Å²) in [6.45, 7) is 3.53. The summed E-state index contributed by atoms with van der Waals surface area (Å²) >= 11 is 12.7. The smallest absolute Gasteiger partial charge is 0.258 e. The number of allylic oxidation sites excluding steroid dienone is 1. The molecule has 192 valence electrons. The number of primary amides is 1. The number of aromatic amines is 1. The van der Waals surface area contributed by atoms with E-state index in [1.54, 1.807) is 18.2 Å². The second-order valence-corrected chi connectivity index (χ2v) is 10.3. The third kappa shape index (κ3) is 4.79. The first-order valence-corrected chi connectivity index (χ1v) is 12.9. The number of halogens is 2. The molecule has 0 saturated carbocycles. The van der Waals surface area contributed by atoms with E-state index in [9.17, 15) is 9.59 Å². The minimum absolute atomic E-state index is 0.116. The Morgan fingerprint density at radius 2 is 2.03 bits per heavy atom. The fourth-order valence-corrected chi connectivity index (χ4v) is 5.53. The lowest BCUT2D eigenvalue weighted by Crippen LogP contribution is -2.38. The number of H-pyrrole nitrogens is 1. The summed E-state index contributed by atoms with van der Waals surface area (Å²) in [5, 5.41) is 5.62. The molecule has 4 aromatic rings. The molecule has 1 aliphatic rings. The van der Waals surface area contributed by atoms with E-state index in [1.807, 2.05) is 42.9 Å². The lowest BCUT2D eigenvalue weighted by molar-refractivity contribution is -0.123.